The zero-order valence-electron chi connectivity index (χ0n) is 6.37. The van der Waals surface area contributed by atoms with Crippen LogP contribution in [0.5, 0.6) is 0 Å². The molecule has 1 unspecified atom stereocenters. The Morgan fingerprint density at radius 1 is 1.60 bits per heavy atom. The zero-order chi connectivity index (χ0) is 7.56. The Bertz CT molecular complexity index is 189. The van der Waals surface area contributed by atoms with Gasteiger partial charge < -0.3 is 4.79 Å². The third-order valence-corrected chi connectivity index (χ3v) is 1.88. The molecule has 10 heavy (non-hydrogen) atoms. The van der Waals surface area contributed by atoms with Crippen molar-refractivity contribution in [2.75, 3.05) is 0 Å². The fourth-order valence-corrected chi connectivity index (χ4v) is 1.11. The summed E-state index contributed by atoms with van der Waals surface area (Å²) in [6, 6.07) is 0. The molecule has 0 aliphatic heterocycles. The van der Waals surface area contributed by atoms with Crippen LogP contribution >= 0.6 is 0 Å². The molecule has 1 heteroatoms. The molecule has 2 atom stereocenters. The standard InChI is InChI=1S/C9H12O/c1-7-3-4-8(2)9(5-7)6-10/h3-6,8-9H,1-2H3/t8-,9?/m1/s1. The van der Waals surface area contributed by atoms with E-state index in [1.807, 2.05) is 13.0 Å². The fraction of sp³-hybridized carbons (Fsp3) is 0.444. The maximum absolute atomic E-state index is 10.4. The monoisotopic (exact) mass is 136 g/mol. The summed E-state index contributed by atoms with van der Waals surface area (Å²) in [5.41, 5.74) is 1.19. The van der Waals surface area contributed by atoms with Crippen LogP contribution in [0.1, 0.15) is 13.8 Å². The maximum atomic E-state index is 10.4. The minimum Gasteiger partial charge on any atom is -0.303 e. The van der Waals surface area contributed by atoms with Gasteiger partial charge in [0.1, 0.15) is 6.29 Å². The van der Waals surface area contributed by atoms with Crippen molar-refractivity contribution in [3.8, 4) is 0 Å². The highest BCUT2D eigenvalue weighted by Crippen LogP contribution is 2.19. The van der Waals surface area contributed by atoms with E-state index in [1.165, 1.54) is 5.57 Å². The molecule has 0 amide bonds. The van der Waals surface area contributed by atoms with Crippen molar-refractivity contribution in [1.82, 2.24) is 0 Å². The van der Waals surface area contributed by atoms with Crippen molar-refractivity contribution in [2.45, 2.75) is 13.8 Å². The summed E-state index contributed by atoms with van der Waals surface area (Å²) in [5.74, 6) is 0.478. The molecular weight excluding hydrogens is 124 g/mol. The topological polar surface area (TPSA) is 17.1 Å². The van der Waals surface area contributed by atoms with Gasteiger partial charge in [-0.3, -0.25) is 0 Å². The summed E-state index contributed by atoms with van der Waals surface area (Å²) in [7, 11) is 0. The fourth-order valence-electron chi connectivity index (χ4n) is 1.11. The van der Waals surface area contributed by atoms with Gasteiger partial charge in [-0.2, -0.15) is 0 Å². The normalized spacial score (nSPS) is 31.6. The van der Waals surface area contributed by atoms with Gasteiger partial charge in [0.2, 0.25) is 0 Å². The van der Waals surface area contributed by atoms with E-state index >= 15 is 0 Å². The number of carbonyl (C=O) groups excluding carboxylic acids is 1. The first-order chi connectivity index (χ1) is 4.74. The highest BCUT2D eigenvalue weighted by Gasteiger charge is 2.13. The van der Waals surface area contributed by atoms with Crippen molar-refractivity contribution >= 4 is 6.29 Å². The number of hydrogen-bond acceptors (Lipinski definition) is 1. The van der Waals surface area contributed by atoms with Crippen molar-refractivity contribution in [3.05, 3.63) is 23.8 Å². The molecule has 1 aliphatic rings. The Kier molecular flexibility index (Phi) is 2.05. The van der Waals surface area contributed by atoms with Gasteiger partial charge in [0.05, 0.1) is 0 Å². The minimum absolute atomic E-state index is 0.102. The molecule has 0 saturated carbocycles. The lowest BCUT2D eigenvalue weighted by atomic mass is 9.89. The summed E-state index contributed by atoms with van der Waals surface area (Å²) in [5, 5.41) is 0. The molecule has 0 fully saturated rings. The van der Waals surface area contributed by atoms with E-state index in [1.54, 1.807) is 0 Å². The number of aldehydes is 1. The number of allylic oxidation sites excluding steroid dienone is 4. The first-order valence-corrected chi connectivity index (χ1v) is 3.56. The Hall–Kier alpha value is -0.850. The van der Waals surface area contributed by atoms with Gasteiger partial charge in [0.15, 0.2) is 0 Å². The van der Waals surface area contributed by atoms with Crippen LogP contribution in [0, 0.1) is 11.8 Å². The van der Waals surface area contributed by atoms with Crippen molar-refractivity contribution in [1.29, 1.82) is 0 Å². The van der Waals surface area contributed by atoms with E-state index in [-0.39, 0.29) is 5.92 Å². The number of carbonyl (C=O) groups is 1. The summed E-state index contributed by atoms with van der Waals surface area (Å²) < 4.78 is 0. The van der Waals surface area contributed by atoms with Gasteiger partial charge in [0, 0.05) is 5.92 Å². The predicted molar refractivity (Wildman–Crippen MR) is 41.6 cm³/mol. The Morgan fingerprint density at radius 2 is 2.30 bits per heavy atom. The van der Waals surface area contributed by atoms with E-state index in [0.29, 0.717) is 5.92 Å². The molecule has 1 rings (SSSR count). The van der Waals surface area contributed by atoms with Crippen LogP contribution in [0.3, 0.4) is 0 Å². The molecule has 0 aromatic rings. The maximum Gasteiger partial charge on any atom is 0.127 e. The lowest BCUT2D eigenvalue weighted by Crippen LogP contribution is -2.11. The number of rotatable bonds is 1. The van der Waals surface area contributed by atoms with Crippen molar-refractivity contribution in [2.24, 2.45) is 11.8 Å². The van der Waals surface area contributed by atoms with Gasteiger partial charge in [-0.1, -0.05) is 30.7 Å². The molecule has 0 saturated heterocycles. The zero-order valence-corrected chi connectivity index (χ0v) is 6.37. The van der Waals surface area contributed by atoms with E-state index in [0.717, 1.165) is 6.29 Å². The quantitative estimate of drug-likeness (QED) is 0.503. The van der Waals surface area contributed by atoms with Crippen LogP contribution in [0.2, 0.25) is 0 Å². The molecule has 0 N–H and O–H groups in total. The molecule has 0 spiro atoms. The summed E-state index contributed by atoms with van der Waals surface area (Å²) in [4.78, 5) is 10.4. The first-order valence-electron chi connectivity index (χ1n) is 3.56. The summed E-state index contributed by atoms with van der Waals surface area (Å²) >= 11 is 0. The predicted octanol–water partition coefficient (Wildman–Crippen LogP) is 1.95. The van der Waals surface area contributed by atoms with Gasteiger partial charge in [-0.15, -0.1) is 0 Å². The van der Waals surface area contributed by atoms with Gasteiger partial charge in [-0.25, -0.2) is 0 Å². The molecule has 0 radical (unpaired) electrons. The molecule has 1 aliphatic carbocycles. The van der Waals surface area contributed by atoms with Crippen molar-refractivity contribution < 1.29 is 4.79 Å². The van der Waals surface area contributed by atoms with E-state index < -0.39 is 0 Å². The molecule has 54 valence electrons. The largest absolute Gasteiger partial charge is 0.303 e. The van der Waals surface area contributed by atoms with Crippen LogP contribution in [0.25, 0.3) is 0 Å². The highest BCUT2D eigenvalue weighted by atomic mass is 16.1. The van der Waals surface area contributed by atoms with Crippen LogP contribution < -0.4 is 0 Å². The average molecular weight is 136 g/mol. The van der Waals surface area contributed by atoms with Crippen LogP contribution in [-0.4, -0.2) is 6.29 Å². The summed E-state index contributed by atoms with van der Waals surface area (Å²) in [6.45, 7) is 4.07. The Morgan fingerprint density at radius 3 is 2.80 bits per heavy atom. The molecule has 0 aromatic heterocycles. The number of hydrogen-bond donors (Lipinski definition) is 0. The summed E-state index contributed by atoms with van der Waals surface area (Å²) in [6.07, 6.45) is 7.16. The van der Waals surface area contributed by atoms with E-state index in [9.17, 15) is 4.79 Å². The lowest BCUT2D eigenvalue weighted by Gasteiger charge is -2.15. The molecule has 0 bridgehead atoms. The van der Waals surface area contributed by atoms with Crippen LogP contribution in [-0.2, 0) is 4.79 Å². The van der Waals surface area contributed by atoms with E-state index in [4.69, 9.17) is 0 Å². The second-order valence-corrected chi connectivity index (χ2v) is 2.84. The smallest absolute Gasteiger partial charge is 0.127 e. The first kappa shape index (κ1) is 7.26. The average Bonchev–Trinajstić information content (AvgIpc) is 1.94. The SMILES string of the molecule is CC1=CC(C=O)[C@H](C)C=C1. The third-order valence-electron chi connectivity index (χ3n) is 1.88. The molecular formula is C9H12O. The van der Waals surface area contributed by atoms with Gasteiger partial charge in [0.25, 0.3) is 0 Å². The highest BCUT2D eigenvalue weighted by molar-refractivity contribution is 5.59. The Labute approximate surface area is 61.4 Å². The third kappa shape index (κ3) is 1.35. The Balaban J connectivity index is 2.76. The minimum atomic E-state index is 0.102. The molecule has 1 nitrogen and oxygen atoms in total. The van der Waals surface area contributed by atoms with Gasteiger partial charge in [-0.05, 0) is 12.8 Å². The van der Waals surface area contributed by atoms with Gasteiger partial charge >= 0.3 is 0 Å². The van der Waals surface area contributed by atoms with E-state index in [2.05, 4.69) is 19.1 Å². The lowest BCUT2D eigenvalue weighted by molar-refractivity contribution is -0.110. The second kappa shape index (κ2) is 2.82. The molecule has 0 heterocycles. The van der Waals surface area contributed by atoms with Crippen LogP contribution in [0.15, 0.2) is 23.8 Å². The van der Waals surface area contributed by atoms with Crippen molar-refractivity contribution in [3.63, 3.8) is 0 Å². The van der Waals surface area contributed by atoms with Crippen LogP contribution in [0.4, 0.5) is 0 Å². The molecule has 0 aromatic carbocycles. The second-order valence-electron chi connectivity index (χ2n) is 2.84.